The Hall–Kier alpha value is -0.360. The Morgan fingerprint density at radius 1 is 1.64 bits per heavy atom. The summed E-state index contributed by atoms with van der Waals surface area (Å²) in [6.07, 6.45) is 0.734. The lowest BCUT2D eigenvalue weighted by atomic mass is 10.1. The SMILES string of the molecule is CC(Cl)Cc1ccc([N+](=O)[O-])cc1I. The van der Waals surface area contributed by atoms with Gasteiger partial charge in [0, 0.05) is 21.1 Å². The molecule has 0 aromatic heterocycles. The molecule has 0 spiro atoms. The predicted molar refractivity (Wildman–Crippen MR) is 64.8 cm³/mol. The third kappa shape index (κ3) is 3.09. The highest BCUT2D eigenvalue weighted by molar-refractivity contribution is 14.1. The van der Waals surface area contributed by atoms with Crippen molar-refractivity contribution in [3.05, 3.63) is 37.4 Å². The number of hydrogen-bond donors (Lipinski definition) is 0. The normalized spacial score (nSPS) is 12.5. The Kier molecular flexibility index (Phi) is 4.12. The Morgan fingerprint density at radius 2 is 2.29 bits per heavy atom. The van der Waals surface area contributed by atoms with E-state index in [9.17, 15) is 10.1 Å². The number of hydrogen-bond acceptors (Lipinski definition) is 2. The molecule has 0 fully saturated rings. The van der Waals surface area contributed by atoms with Gasteiger partial charge in [-0.05, 0) is 41.5 Å². The van der Waals surface area contributed by atoms with Crippen LogP contribution in [0.2, 0.25) is 0 Å². The Bertz CT molecular complexity index is 355. The first-order valence-corrected chi connectivity index (χ1v) is 5.59. The molecule has 1 atom stereocenters. The third-order valence-electron chi connectivity index (χ3n) is 1.75. The van der Waals surface area contributed by atoms with E-state index in [4.69, 9.17) is 11.6 Å². The number of alkyl halides is 1. The molecule has 1 unspecified atom stereocenters. The van der Waals surface area contributed by atoms with Crippen molar-refractivity contribution in [1.82, 2.24) is 0 Å². The standard InChI is InChI=1S/C9H9ClINO2/c1-6(10)4-7-2-3-8(12(13)14)5-9(7)11/h2-3,5-6H,4H2,1H3. The fourth-order valence-corrected chi connectivity index (χ4v) is 2.00. The Labute approximate surface area is 101 Å². The molecule has 76 valence electrons. The smallest absolute Gasteiger partial charge is 0.258 e. The first-order chi connectivity index (χ1) is 6.50. The van der Waals surface area contributed by atoms with Crippen molar-refractivity contribution in [3.63, 3.8) is 0 Å². The van der Waals surface area contributed by atoms with E-state index in [0.29, 0.717) is 0 Å². The maximum absolute atomic E-state index is 10.5. The van der Waals surface area contributed by atoms with Crippen LogP contribution in [0.3, 0.4) is 0 Å². The number of nitro benzene ring substituents is 1. The largest absolute Gasteiger partial charge is 0.270 e. The number of non-ortho nitro benzene ring substituents is 1. The molecule has 0 saturated heterocycles. The molecule has 1 aromatic rings. The number of nitro groups is 1. The zero-order chi connectivity index (χ0) is 10.7. The Morgan fingerprint density at radius 3 is 2.71 bits per heavy atom. The minimum Gasteiger partial charge on any atom is -0.258 e. The molecule has 3 nitrogen and oxygen atoms in total. The molecule has 0 radical (unpaired) electrons. The molecular weight excluding hydrogens is 316 g/mol. The van der Waals surface area contributed by atoms with E-state index in [1.807, 2.05) is 6.92 Å². The molecule has 0 amide bonds. The summed E-state index contributed by atoms with van der Waals surface area (Å²) in [5, 5.41) is 10.5. The van der Waals surface area contributed by atoms with Gasteiger partial charge in [-0.2, -0.15) is 0 Å². The van der Waals surface area contributed by atoms with E-state index in [0.717, 1.165) is 15.6 Å². The van der Waals surface area contributed by atoms with Crippen LogP contribution in [-0.2, 0) is 6.42 Å². The molecule has 0 aliphatic carbocycles. The zero-order valence-corrected chi connectivity index (χ0v) is 10.4. The summed E-state index contributed by atoms with van der Waals surface area (Å²) in [6, 6.07) is 4.84. The molecule has 0 N–H and O–H groups in total. The van der Waals surface area contributed by atoms with E-state index in [-0.39, 0.29) is 11.1 Å². The van der Waals surface area contributed by atoms with Crippen molar-refractivity contribution in [1.29, 1.82) is 0 Å². The summed E-state index contributed by atoms with van der Waals surface area (Å²) < 4.78 is 0.893. The first-order valence-electron chi connectivity index (χ1n) is 4.07. The number of nitrogens with zero attached hydrogens (tertiary/aromatic N) is 1. The average Bonchev–Trinajstić information content (AvgIpc) is 2.07. The van der Waals surface area contributed by atoms with Gasteiger partial charge in [-0.1, -0.05) is 6.07 Å². The highest BCUT2D eigenvalue weighted by atomic mass is 127. The molecule has 0 aliphatic heterocycles. The average molecular weight is 326 g/mol. The summed E-state index contributed by atoms with van der Waals surface area (Å²) in [6.45, 7) is 1.90. The molecule has 5 heteroatoms. The van der Waals surface area contributed by atoms with Crippen molar-refractivity contribution in [2.45, 2.75) is 18.7 Å². The van der Waals surface area contributed by atoms with E-state index in [1.54, 1.807) is 12.1 Å². The fourth-order valence-electron chi connectivity index (χ4n) is 1.12. The third-order valence-corrected chi connectivity index (χ3v) is 2.91. The second-order valence-electron chi connectivity index (χ2n) is 3.02. The van der Waals surface area contributed by atoms with Crippen molar-refractivity contribution >= 4 is 39.9 Å². The molecule has 0 heterocycles. The van der Waals surface area contributed by atoms with E-state index < -0.39 is 4.92 Å². The van der Waals surface area contributed by atoms with E-state index >= 15 is 0 Å². The van der Waals surface area contributed by atoms with Crippen LogP contribution < -0.4 is 0 Å². The maximum atomic E-state index is 10.5. The van der Waals surface area contributed by atoms with Gasteiger partial charge in [-0.25, -0.2) is 0 Å². The second kappa shape index (κ2) is 4.93. The van der Waals surface area contributed by atoms with Crippen LogP contribution in [-0.4, -0.2) is 10.3 Å². The minimum absolute atomic E-state index is 0.0463. The van der Waals surface area contributed by atoms with Crippen LogP contribution in [0.5, 0.6) is 0 Å². The van der Waals surface area contributed by atoms with Gasteiger partial charge in [0.25, 0.3) is 5.69 Å². The van der Waals surface area contributed by atoms with Gasteiger partial charge < -0.3 is 0 Å². The molecule has 0 bridgehead atoms. The van der Waals surface area contributed by atoms with Crippen LogP contribution in [0, 0.1) is 13.7 Å². The van der Waals surface area contributed by atoms with Gasteiger partial charge >= 0.3 is 0 Å². The summed E-state index contributed by atoms with van der Waals surface area (Å²) in [4.78, 5) is 10.1. The maximum Gasteiger partial charge on any atom is 0.270 e. The molecule has 14 heavy (non-hydrogen) atoms. The lowest BCUT2D eigenvalue weighted by Crippen LogP contribution is -2.00. The monoisotopic (exact) mass is 325 g/mol. The molecule has 1 rings (SSSR count). The highest BCUT2D eigenvalue weighted by Gasteiger charge is 2.10. The number of halogens is 2. The zero-order valence-electron chi connectivity index (χ0n) is 7.54. The number of benzene rings is 1. The minimum atomic E-state index is -0.393. The van der Waals surface area contributed by atoms with Crippen molar-refractivity contribution in [2.75, 3.05) is 0 Å². The topological polar surface area (TPSA) is 43.1 Å². The summed E-state index contributed by atoms with van der Waals surface area (Å²) in [5.41, 5.74) is 1.18. The van der Waals surface area contributed by atoms with Crippen LogP contribution in [0.25, 0.3) is 0 Å². The summed E-state index contributed by atoms with van der Waals surface area (Å²) in [5.74, 6) is 0. The Balaban J connectivity index is 2.95. The van der Waals surface area contributed by atoms with Gasteiger partial charge in [-0.15, -0.1) is 11.6 Å². The predicted octanol–water partition coefficient (Wildman–Crippen LogP) is 3.37. The van der Waals surface area contributed by atoms with Gasteiger partial charge in [0.05, 0.1) is 4.92 Å². The van der Waals surface area contributed by atoms with Crippen molar-refractivity contribution in [3.8, 4) is 0 Å². The van der Waals surface area contributed by atoms with E-state index in [1.165, 1.54) is 6.07 Å². The number of rotatable bonds is 3. The second-order valence-corrected chi connectivity index (χ2v) is 4.92. The fraction of sp³-hybridized carbons (Fsp3) is 0.333. The van der Waals surface area contributed by atoms with Crippen LogP contribution in [0.1, 0.15) is 12.5 Å². The van der Waals surface area contributed by atoms with Crippen LogP contribution >= 0.6 is 34.2 Å². The van der Waals surface area contributed by atoms with Gasteiger partial charge in [0.2, 0.25) is 0 Å². The van der Waals surface area contributed by atoms with Gasteiger partial charge in [0.1, 0.15) is 0 Å². The van der Waals surface area contributed by atoms with Gasteiger partial charge in [-0.3, -0.25) is 10.1 Å². The highest BCUT2D eigenvalue weighted by Crippen LogP contribution is 2.21. The lowest BCUT2D eigenvalue weighted by Gasteiger charge is -2.05. The van der Waals surface area contributed by atoms with Gasteiger partial charge in [0.15, 0.2) is 0 Å². The first kappa shape index (κ1) is 11.7. The van der Waals surface area contributed by atoms with E-state index in [2.05, 4.69) is 22.6 Å². The molecule has 0 aliphatic rings. The van der Waals surface area contributed by atoms with Crippen LogP contribution in [0.15, 0.2) is 18.2 Å². The van der Waals surface area contributed by atoms with Crippen molar-refractivity contribution in [2.24, 2.45) is 0 Å². The summed E-state index contributed by atoms with van der Waals surface area (Å²) >= 11 is 7.94. The molecule has 1 aromatic carbocycles. The summed E-state index contributed by atoms with van der Waals surface area (Å²) in [7, 11) is 0. The van der Waals surface area contributed by atoms with Crippen LogP contribution in [0.4, 0.5) is 5.69 Å². The van der Waals surface area contributed by atoms with Crippen molar-refractivity contribution < 1.29 is 4.92 Å². The molecular formula is C9H9ClINO2. The molecule has 0 saturated carbocycles. The lowest BCUT2D eigenvalue weighted by molar-refractivity contribution is -0.385. The quantitative estimate of drug-likeness (QED) is 0.370.